The first kappa shape index (κ1) is 10.6. The first-order chi connectivity index (χ1) is 7.33. The van der Waals surface area contributed by atoms with Gasteiger partial charge in [-0.2, -0.15) is 0 Å². The largest absolute Gasteiger partial charge is 0.294 e. The predicted molar refractivity (Wildman–Crippen MR) is 66.5 cm³/mol. The second kappa shape index (κ2) is 4.75. The zero-order valence-corrected chi connectivity index (χ0v) is 10.1. The number of Topliss-reactive ketones (excluding diaryl/α,β-unsaturated/α-hetero) is 1. The van der Waals surface area contributed by atoms with E-state index in [1.165, 1.54) is 11.1 Å². The van der Waals surface area contributed by atoms with Gasteiger partial charge in [0.25, 0.3) is 0 Å². The Hall–Kier alpha value is -0.890. The van der Waals surface area contributed by atoms with E-state index < -0.39 is 0 Å². The molecule has 1 aliphatic rings. The van der Waals surface area contributed by atoms with E-state index in [0.29, 0.717) is 12.2 Å². The molecule has 0 heterocycles. The summed E-state index contributed by atoms with van der Waals surface area (Å²) in [7, 11) is 0. The van der Waals surface area contributed by atoms with E-state index in [-0.39, 0.29) is 0 Å². The molecule has 1 aromatic rings. The Morgan fingerprint density at radius 3 is 3.00 bits per heavy atom. The van der Waals surface area contributed by atoms with Crippen molar-refractivity contribution in [3.8, 4) is 0 Å². The van der Waals surface area contributed by atoms with Gasteiger partial charge >= 0.3 is 0 Å². The van der Waals surface area contributed by atoms with Gasteiger partial charge in [0.15, 0.2) is 5.78 Å². The lowest BCUT2D eigenvalue weighted by Gasteiger charge is -2.02. The molecule has 2 rings (SSSR count). The van der Waals surface area contributed by atoms with Gasteiger partial charge in [-0.25, -0.2) is 0 Å². The molecule has 78 valence electrons. The summed E-state index contributed by atoms with van der Waals surface area (Å²) in [5, 5.41) is 0.984. The van der Waals surface area contributed by atoms with Crippen LogP contribution in [-0.4, -0.2) is 11.1 Å². The summed E-state index contributed by atoms with van der Waals surface area (Å²) in [5.74, 6) is 0.292. The highest BCUT2D eigenvalue weighted by atomic mass is 79.9. The maximum atomic E-state index is 11.5. The number of carbonyl (C=O) groups is 1. The monoisotopic (exact) mass is 264 g/mol. The van der Waals surface area contributed by atoms with Crippen molar-refractivity contribution in [1.29, 1.82) is 0 Å². The Labute approximate surface area is 98.3 Å². The molecule has 0 amide bonds. The molecule has 0 fully saturated rings. The highest BCUT2D eigenvalue weighted by Crippen LogP contribution is 2.26. The molecule has 0 saturated carbocycles. The Bertz CT molecular complexity index is 407. The molecule has 0 N–H and O–H groups in total. The molecule has 0 aliphatic heterocycles. The van der Waals surface area contributed by atoms with Gasteiger partial charge in [0, 0.05) is 17.3 Å². The minimum atomic E-state index is 0.292. The number of allylic oxidation sites excluding steroid dienone is 1. The molecule has 0 atom stereocenters. The van der Waals surface area contributed by atoms with Crippen LogP contribution >= 0.6 is 15.9 Å². The van der Waals surface area contributed by atoms with E-state index in [0.717, 1.165) is 23.7 Å². The number of ketones is 1. The smallest absolute Gasteiger partial charge is 0.163 e. The third-order valence-corrected chi connectivity index (χ3v) is 3.15. The quantitative estimate of drug-likeness (QED) is 0.763. The minimum absolute atomic E-state index is 0.292. The Morgan fingerprint density at radius 1 is 1.33 bits per heavy atom. The molecule has 0 radical (unpaired) electrons. The molecule has 0 bridgehead atoms. The lowest BCUT2D eigenvalue weighted by atomic mass is 10.0. The average Bonchev–Trinajstić information content (AvgIpc) is 2.62. The van der Waals surface area contributed by atoms with Crippen LogP contribution in [0.3, 0.4) is 0 Å². The molecule has 0 spiro atoms. The summed E-state index contributed by atoms with van der Waals surface area (Å²) in [6.45, 7) is 0. The molecule has 0 unspecified atom stereocenters. The number of carbonyl (C=O) groups excluding carboxylic acids is 1. The predicted octanol–water partition coefficient (Wildman–Crippen LogP) is 3.61. The van der Waals surface area contributed by atoms with Crippen molar-refractivity contribution in [2.45, 2.75) is 19.3 Å². The van der Waals surface area contributed by atoms with Gasteiger partial charge in [-0.05, 0) is 24.0 Å². The number of halogens is 1. The summed E-state index contributed by atoms with van der Waals surface area (Å²) in [5.41, 5.74) is 3.36. The first-order valence-corrected chi connectivity index (χ1v) is 6.32. The van der Waals surface area contributed by atoms with Gasteiger partial charge in [0.05, 0.1) is 0 Å². The lowest BCUT2D eigenvalue weighted by molar-refractivity contribution is 0.0994. The number of hydrogen-bond donors (Lipinski definition) is 0. The lowest BCUT2D eigenvalue weighted by Crippen LogP contribution is -1.91. The van der Waals surface area contributed by atoms with Crippen molar-refractivity contribution >= 4 is 27.8 Å². The maximum Gasteiger partial charge on any atom is 0.163 e. The fourth-order valence-corrected chi connectivity index (χ4v) is 2.21. The van der Waals surface area contributed by atoms with Crippen molar-refractivity contribution in [3.05, 3.63) is 41.0 Å². The molecule has 1 aromatic carbocycles. The summed E-state index contributed by atoms with van der Waals surface area (Å²) < 4.78 is 0. The Morgan fingerprint density at radius 2 is 2.20 bits per heavy atom. The fraction of sp³-hybridized carbons (Fsp3) is 0.308. The van der Waals surface area contributed by atoms with Gasteiger partial charge in [-0.15, -0.1) is 0 Å². The molecule has 0 saturated heterocycles. The second-order valence-corrected chi connectivity index (χ2v) is 4.47. The standard InChI is InChI=1S/C13H13BrO/c14-9-2-1-4-10-5-3-6-12-11(10)7-8-13(12)15/h1,3-6H,2,7-9H2. The molecule has 2 heteroatoms. The van der Waals surface area contributed by atoms with Gasteiger partial charge < -0.3 is 0 Å². The number of alkyl halides is 1. The van der Waals surface area contributed by atoms with Gasteiger partial charge in [-0.3, -0.25) is 4.79 Å². The van der Waals surface area contributed by atoms with E-state index in [1.54, 1.807) is 0 Å². The first-order valence-electron chi connectivity index (χ1n) is 5.20. The second-order valence-electron chi connectivity index (χ2n) is 3.68. The highest BCUT2D eigenvalue weighted by Gasteiger charge is 2.20. The molecule has 0 aromatic heterocycles. The molecular weight excluding hydrogens is 252 g/mol. The zero-order valence-electron chi connectivity index (χ0n) is 8.50. The van der Waals surface area contributed by atoms with Crippen molar-refractivity contribution in [2.24, 2.45) is 0 Å². The summed E-state index contributed by atoms with van der Waals surface area (Å²) >= 11 is 3.39. The van der Waals surface area contributed by atoms with Gasteiger partial charge in [-0.1, -0.05) is 46.3 Å². The highest BCUT2D eigenvalue weighted by molar-refractivity contribution is 9.09. The van der Waals surface area contributed by atoms with Crippen LogP contribution in [0.1, 0.15) is 34.3 Å². The van der Waals surface area contributed by atoms with E-state index in [1.807, 2.05) is 12.1 Å². The van der Waals surface area contributed by atoms with Gasteiger partial charge in [0.1, 0.15) is 0 Å². The van der Waals surface area contributed by atoms with Crippen molar-refractivity contribution in [3.63, 3.8) is 0 Å². The summed E-state index contributed by atoms with van der Waals surface area (Å²) in [4.78, 5) is 11.5. The summed E-state index contributed by atoms with van der Waals surface area (Å²) in [6, 6.07) is 5.99. The molecule has 15 heavy (non-hydrogen) atoms. The normalized spacial score (nSPS) is 14.9. The Balaban J connectivity index is 2.30. The average molecular weight is 265 g/mol. The topological polar surface area (TPSA) is 17.1 Å². The van der Waals surface area contributed by atoms with E-state index in [9.17, 15) is 4.79 Å². The van der Waals surface area contributed by atoms with Crippen molar-refractivity contribution < 1.29 is 4.79 Å². The third kappa shape index (κ3) is 2.20. The van der Waals surface area contributed by atoms with E-state index >= 15 is 0 Å². The van der Waals surface area contributed by atoms with Crippen LogP contribution in [0.2, 0.25) is 0 Å². The number of benzene rings is 1. The van der Waals surface area contributed by atoms with Crippen LogP contribution < -0.4 is 0 Å². The minimum Gasteiger partial charge on any atom is -0.294 e. The fourth-order valence-electron chi connectivity index (χ4n) is 1.95. The zero-order chi connectivity index (χ0) is 10.7. The third-order valence-electron chi connectivity index (χ3n) is 2.69. The molecule has 1 nitrogen and oxygen atoms in total. The van der Waals surface area contributed by atoms with Crippen molar-refractivity contribution in [2.75, 3.05) is 5.33 Å². The number of rotatable bonds is 3. The van der Waals surface area contributed by atoms with Crippen molar-refractivity contribution in [1.82, 2.24) is 0 Å². The van der Waals surface area contributed by atoms with E-state index in [2.05, 4.69) is 34.1 Å². The maximum absolute atomic E-state index is 11.5. The van der Waals surface area contributed by atoms with Crippen LogP contribution in [0.25, 0.3) is 6.08 Å². The Kier molecular flexibility index (Phi) is 3.37. The molecule has 1 aliphatic carbocycles. The molecular formula is C13H13BrO. The van der Waals surface area contributed by atoms with Gasteiger partial charge in [0.2, 0.25) is 0 Å². The van der Waals surface area contributed by atoms with Crippen LogP contribution in [0, 0.1) is 0 Å². The van der Waals surface area contributed by atoms with Crippen LogP contribution in [-0.2, 0) is 6.42 Å². The SMILES string of the molecule is O=C1CCc2c(C=CCCBr)cccc21. The number of hydrogen-bond acceptors (Lipinski definition) is 1. The number of fused-ring (bicyclic) bond motifs is 1. The summed E-state index contributed by atoms with van der Waals surface area (Å²) in [6.07, 6.45) is 6.88. The van der Waals surface area contributed by atoms with E-state index in [4.69, 9.17) is 0 Å². The van der Waals surface area contributed by atoms with Crippen LogP contribution in [0.15, 0.2) is 24.3 Å². The van der Waals surface area contributed by atoms with Crippen LogP contribution in [0.4, 0.5) is 0 Å². The van der Waals surface area contributed by atoms with Crippen LogP contribution in [0.5, 0.6) is 0 Å².